The molecule has 3 N–H and O–H groups in total. The summed E-state index contributed by atoms with van der Waals surface area (Å²) in [5.41, 5.74) is -0.0783. The van der Waals surface area contributed by atoms with E-state index in [1.165, 1.54) is 6.07 Å². The molecule has 3 rings (SSSR count). The van der Waals surface area contributed by atoms with Crippen molar-refractivity contribution in [3.05, 3.63) is 40.5 Å². The van der Waals surface area contributed by atoms with Gasteiger partial charge in [-0.15, -0.1) is 0 Å². The Morgan fingerprint density at radius 2 is 2.32 bits per heavy atom. The Bertz CT molecular complexity index is 585. The van der Waals surface area contributed by atoms with Crippen LogP contribution in [-0.4, -0.2) is 26.5 Å². The first-order chi connectivity index (χ1) is 9.31. The molecule has 0 amide bonds. The van der Waals surface area contributed by atoms with Gasteiger partial charge in [0.05, 0.1) is 0 Å². The van der Waals surface area contributed by atoms with Crippen LogP contribution in [0.25, 0.3) is 0 Å². The Balaban J connectivity index is 1.53. The number of hydrogen-bond donors (Lipinski definition) is 3. The second kappa shape index (κ2) is 5.26. The molecule has 19 heavy (non-hydrogen) atoms. The number of anilines is 1. The van der Waals surface area contributed by atoms with E-state index in [4.69, 9.17) is 0 Å². The third-order valence-corrected chi connectivity index (χ3v) is 3.18. The third kappa shape index (κ3) is 3.21. The van der Waals surface area contributed by atoms with Crippen LogP contribution in [0.5, 0.6) is 0 Å². The number of nitrogens with zero attached hydrogens (tertiary/aromatic N) is 2. The average molecular weight is 259 g/mol. The number of hydrogen-bond acceptors (Lipinski definition) is 4. The molecule has 0 saturated heterocycles. The lowest BCUT2D eigenvalue weighted by molar-refractivity contribution is 0.809. The van der Waals surface area contributed by atoms with Gasteiger partial charge in [0.2, 0.25) is 0 Å². The highest BCUT2D eigenvalue weighted by Crippen LogP contribution is 2.37. The smallest absolute Gasteiger partial charge is 0.252 e. The molecule has 100 valence electrons. The van der Waals surface area contributed by atoms with Crippen molar-refractivity contribution in [2.75, 3.05) is 11.9 Å². The fourth-order valence-electron chi connectivity index (χ4n) is 2.02. The lowest BCUT2D eigenvalue weighted by Gasteiger charge is -2.06. The summed E-state index contributed by atoms with van der Waals surface area (Å²) in [6.45, 7) is 0.779. The Kier molecular flexibility index (Phi) is 3.31. The number of aromatic amines is 2. The zero-order chi connectivity index (χ0) is 13.1. The van der Waals surface area contributed by atoms with Crippen molar-refractivity contribution >= 4 is 5.82 Å². The summed E-state index contributed by atoms with van der Waals surface area (Å²) in [7, 11) is 0. The quantitative estimate of drug-likeness (QED) is 0.685. The number of imidazole rings is 1. The van der Waals surface area contributed by atoms with Crippen molar-refractivity contribution in [1.29, 1.82) is 0 Å². The molecule has 0 bridgehead atoms. The van der Waals surface area contributed by atoms with Gasteiger partial charge in [-0.3, -0.25) is 4.79 Å². The molecule has 6 nitrogen and oxygen atoms in total. The monoisotopic (exact) mass is 259 g/mol. The Morgan fingerprint density at radius 3 is 3.05 bits per heavy atom. The van der Waals surface area contributed by atoms with Crippen LogP contribution in [0.1, 0.15) is 36.8 Å². The van der Waals surface area contributed by atoms with Gasteiger partial charge in [-0.05, 0) is 19.3 Å². The van der Waals surface area contributed by atoms with E-state index in [1.54, 1.807) is 6.20 Å². The van der Waals surface area contributed by atoms with E-state index in [9.17, 15) is 4.79 Å². The molecule has 1 aliphatic rings. The van der Waals surface area contributed by atoms with Crippen molar-refractivity contribution in [2.45, 2.75) is 31.6 Å². The summed E-state index contributed by atoms with van der Waals surface area (Å²) in [6.07, 6.45) is 7.67. The van der Waals surface area contributed by atoms with E-state index < -0.39 is 0 Å². The van der Waals surface area contributed by atoms with Crippen LogP contribution in [0.15, 0.2) is 23.3 Å². The number of aryl methyl sites for hydroxylation is 1. The number of rotatable bonds is 6. The van der Waals surface area contributed by atoms with Crippen molar-refractivity contribution < 1.29 is 0 Å². The topological polar surface area (TPSA) is 86.5 Å². The summed E-state index contributed by atoms with van der Waals surface area (Å²) >= 11 is 0. The van der Waals surface area contributed by atoms with Crippen LogP contribution in [0, 0.1) is 0 Å². The van der Waals surface area contributed by atoms with Gasteiger partial charge in [0.1, 0.15) is 17.5 Å². The summed E-state index contributed by atoms with van der Waals surface area (Å²) < 4.78 is 0. The van der Waals surface area contributed by atoms with Crippen LogP contribution in [-0.2, 0) is 6.42 Å². The predicted molar refractivity (Wildman–Crippen MR) is 72.2 cm³/mol. The molecule has 0 atom stereocenters. The van der Waals surface area contributed by atoms with Crippen molar-refractivity contribution in [1.82, 2.24) is 19.9 Å². The Morgan fingerprint density at radius 1 is 1.42 bits per heavy atom. The molecule has 0 aromatic carbocycles. The highest BCUT2D eigenvalue weighted by Gasteiger charge is 2.26. The third-order valence-electron chi connectivity index (χ3n) is 3.18. The van der Waals surface area contributed by atoms with Crippen molar-refractivity contribution in [3.8, 4) is 0 Å². The van der Waals surface area contributed by atoms with E-state index in [2.05, 4.69) is 25.3 Å². The first kappa shape index (κ1) is 12.0. The lowest BCUT2D eigenvalue weighted by Crippen LogP contribution is -2.14. The van der Waals surface area contributed by atoms with E-state index in [0.717, 1.165) is 43.9 Å². The molecule has 6 heteroatoms. The van der Waals surface area contributed by atoms with E-state index in [0.29, 0.717) is 11.7 Å². The molecule has 0 radical (unpaired) electrons. The highest BCUT2D eigenvalue weighted by atomic mass is 16.1. The maximum Gasteiger partial charge on any atom is 0.252 e. The summed E-state index contributed by atoms with van der Waals surface area (Å²) in [6, 6.07) is 1.51. The van der Waals surface area contributed by atoms with Crippen molar-refractivity contribution in [3.63, 3.8) is 0 Å². The van der Waals surface area contributed by atoms with Gasteiger partial charge in [0.15, 0.2) is 0 Å². The maximum atomic E-state index is 11.5. The highest BCUT2D eigenvalue weighted by molar-refractivity contribution is 5.33. The fourth-order valence-corrected chi connectivity index (χ4v) is 2.02. The molecule has 2 aromatic rings. The molecule has 0 spiro atoms. The van der Waals surface area contributed by atoms with Crippen molar-refractivity contribution in [2.24, 2.45) is 0 Å². The predicted octanol–water partition coefficient (Wildman–Crippen LogP) is 1.42. The molecule has 1 aliphatic carbocycles. The fraction of sp³-hybridized carbons (Fsp3) is 0.462. The van der Waals surface area contributed by atoms with Crippen LogP contribution in [0.4, 0.5) is 5.82 Å². The zero-order valence-corrected chi connectivity index (χ0v) is 10.6. The Labute approximate surface area is 110 Å². The summed E-state index contributed by atoms with van der Waals surface area (Å²) in [5.74, 6) is 2.93. The van der Waals surface area contributed by atoms with E-state index >= 15 is 0 Å². The van der Waals surface area contributed by atoms with E-state index in [1.807, 2.05) is 6.20 Å². The second-order valence-electron chi connectivity index (χ2n) is 4.86. The molecular weight excluding hydrogens is 242 g/mol. The number of H-pyrrole nitrogens is 2. The molecule has 0 aliphatic heterocycles. The second-order valence-corrected chi connectivity index (χ2v) is 4.86. The minimum Gasteiger partial charge on any atom is -0.370 e. The van der Waals surface area contributed by atoms with Crippen LogP contribution < -0.4 is 10.9 Å². The molecule has 1 fully saturated rings. The number of aromatic nitrogens is 4. The van der Waals surface area contributed by atoms with Gasteiger partial charge in [0, 0.05) is 37.3 Å². The van der Waals surface area contributed by atoms with Gasteiger partial charge in [-0.1, -0.05) is 0 Å². The molecule has 2 aromatic heterocycles. The maximum absolute atomic E-state index is 11.5. The van der Waals surface area contributed by atoms with Crippen LogP contribution in [0.3, 0.4) is 0 Å². The first-order valence-corrected chi connectivity index (χ1v) is 6.64. The molecule has 2 heterocycles. The average Bonchev–Trinajstić information content (AvgIpc) is 3.12. The van der Waals surface area contributed by atoms with Gasteiger partial charge in [-0.2, -0.15) is 0 Å². The van der Waals surface area contributed by atoms with Gasteiger partial charge in [-0.25, -0.2) is 9.97 Å². The minimum atomic E-state index is -0.0783. The molecule has 0 unspecified atom stereocenters. The lowest BCUT2D eigenvalue weighted by atomic mass is 10.3. The first-order valence-electron chi connectivity index (χ1n) is 6.64. The zero-order valence-electron chi connectivity index (χ0n) is 10.6. The normalized spacial score (nSPS) is 14.5. The van der Waals surface area contributed by atoms with E-state index in [-0.39, 0.29) is 5.56 Å². The largest absolute Gasteiger partial charge is 0.370 e. The standard InChI is InChI=1S/C13H17N5O/c19-12-8-11(17-13(18-12)9-3-4-9)14-5-1-2-10-15-6-7-16-10/h6-9H,1-5H2,(H,15,16)(H2,14,17,18,19). The van der Waals surface area contributed by atoms with Crippen LogP contribution >= 0.6 is 0 Å². The Hall–Kier alpha value is -2.11. The van der Waals surface area contributed by atoms with Gasteiger partial charge >= 0.3 is 0 Å². The summed E-state index contributed by atoms with van der Waals surface area (Å²) in [4.78, 5) is 26.0. The summed E-state index contributed by atoms with van der Waals surface area (Å²) in [5, 5.41) is 3.20. The minimum absolute atomic E-state index is 0.0783. The van der Waals surface area contributed by atoms with Gasteiger partial charge < -0.3 is 15.3 Å². The molecular formula is C13H17N5O. The van der Waals surface area contributed by atoms with Gasteiger partial charge in [0.25, 0.3) is 5.56 Å². The SMILES string of the molecule is O=c1cc(NCCCc2ncc[nH]2)nc(C2CC2)[nH]1. The number of nitrogens with one attached hydrogen (secondary N) is 3. The van der Waals surface area contributed by atoms with Crippen LogP contribution in [0.2, 0.25) is 0 Å². The molecule has 1 saturated carbocycles.